The molecule has 1 aliphatic heterocycles. The van der Waals surface area contributed by atoms with Gasteiger partial charge in [0.15, 0.2) is 9.84 Å². The lowest BCUT2D eigenvalue weighted by molar-refractivity contribution is -0.128. The van der Waals surface area contributed by atoms with Gasteiger partial charge in [0.05, 0.1) is 17.1 Å². The van der Waals surface area contributed by atoms with E-state index in [1.54, 1.807) is 17.0 Å². The largest absolute Gasteiger partial charge is 0.341 e. The van der Waals surface area contributed by atoms with Gasteiger partial charge in [-0.05, 0) is 25.0 Å². The highest BCUT2D eigenvalue weighted by atomic mass is 32.2. The predicted octanol–water partition coefficient (Wildman–Crippen LogP) is 0.834. The number of carbonyl (C=O) groups is 2. The topological polar surface area (TPSA) is 95.6 Å². The minimum atomic E-state index is -3.44. The summed E-state index contributed by atoms with van der Waals surface area (Å²) in [5.74, 6) is -0.135. The van der Waals surface area contributed by atoms with Crippen molar-refractivity contribution in [2.24, 2.45) is 0 Å². The van der Waals surface area contributed by atoms with Gasteiger partial charge in [-0.25, -0.2) is 13.2 Å². The normalized spacial score (nSPS) is 14.7. The number of para-hydroxylation sites is 1. The number of urea groups is 1. The number of carbonyl (C=O) groups excluding carboxylic acids is 2. The summed E-state index contributed by atoms with van der Waals surface area (Å²) in [6.45, 7) is 1.34. The highest BCUT2D eigenvalue weighted by Gasteiger charge is 2.19. The summed E-state index contributed by atoms with van der Waals surface area (Å²) >= 11 is 0. The van der Waals surface area contributed by atoms with Gasteiger partial charge in [0.1, 0.15) is 0 Å². The minimum Gasteiger partial charge on any atom is -0.341 e. The highest BCUT2D eigenvalue weighted by molar-refractivity contribution is 7.90. The highest BCUT2D eigenvalue weighted by Crippen LogP contribution is 2.20. The van der Waals surface area contributed by atoms with E-state index in [0.717, 1.165) is 32.2 Å². The molecule has 0 saturated carbocycles. The lowest BCUT2D eigenvalue weighted by atomic mass is 10.3. The summed E-state index contributed by atoms with van der Waals surface area (Å²) in [5, 5.41) is 4.91. The molecule has 0 atom stereocenters. The third-order valence-corrected chi connectivity index (χ3v) is 4.55. The van der Waals surface area contributed by atoms with Gasteiger partial charge >= 0.3 is 6.03 Å². The third-order valence-electron chi connectivity index (χ3n) is 3.39. The fraction of sp³-hybridized carbons (Fsp3) is 0.429. The molecule has 0 spiro atoms. The van der Waals surface area contributed by atoms with Crippen molar-refractivity contribution in [1.29, 1.82) is 0 Å². The first kappa shape index (κ1) is 16.3. The van der Waals surface area contributed by atoms with Gasteiger partial charge < -0.3 is 15.5 Å². The molecule has 120 valence electrons. The number of benzene rings is 1. The first-order valence-corrected chi connectivity index (χ1v) is 8.89. The van der Waals surface area contributed by atoms with Crippen molar-refractivity contribution >= 4 is 27.5 Å². The summed E-state index contributed by atoms with van der Waals surface area (Å²) in [7, 11) is -3.44. The molecule has 0 radical (unpaired) electrons. The van der Waals surface area contributed by atoms with Crippen LogP contribution in [-0.4, -0.2) is 51.1 Å². The lowest BCUT2D eigenvalue weighted by Crippen LogP contribution is -2.40. The molecule has 2 N–H and O–H groups in total. The number of sulfone groups is 1. The maximum atomic E-state index is 11.8. The van der Waals surface area contributed by atoms with Crippen LogP contribution in [0.3, 0.4) is 0 Å². The fourth-order valence-electron chi connectivity index (χ4n) is 2.29. The Morgan fingerprint density at radius 3 is 2.45 bits per heavy atom. The number of nitrogens with zero attached hydrogens (tertiary/aromatic N) is 1. The number of amides is 3. The van der Waals surface area contributed by atoms with Crippen LogP contribution >= 0.6 is 0 Å². The molecule has 3 amide bonds. The Balaban J connectivity index is 1.94. The Kier molecular flexibility index (Phi) is 5.02. The molecule has 0 unspecified atom stereocenters. The Bertz CT molecular complexity index is 666. The molecular formula is C14H19N3O4S. The van der Waals surface area contributed by atoms with E-state index in [-0.39, 0.29) is 23.0 Å². The van der Waals surface area contributed by atoms with E-state index in [0.29, 0.717) is 0 Å². The molecule has 0 aliphatic carbocycles. The van der Waals surface area contributed by atoms with Crippen molar-refractivity contribution in [1.82, 2.24) is 10.2 Å². The maximum Gasteiger partial charge on any atom is 0.319 e. The van der Waals surface area contributed by atoms with Crippen LogP contribution in [-0.2, 0) is 14.6 Å². The van der Waals surface area contributed by atoms with Gasteiger partial charge in [0, 0.05) is 19.3 Å². The van der Waals surface area contributed by atoms with E-state index in [9.17, 15) is 18.0 Å². The molecule has 0 aromatic heterocycles. The number of hydrogen-bond acceptors (Lipinski definition) is 4. The van der Waals surface area contributed by atoms with E-state index in [2.05, 4.69) is 10.6 Å². The average molecular weight is 325 g/mol. The lowest BCUT2D eigenvalue weighted by Gasteiger charge is -2.16. The Morgan fingerprint density at radius 2 is 1.82 bits per heavy atom. The molecular weight excluding hydrogens is 306 g/mol. The van der Waals surface area contributed by atoms with Crippen LogP contribution in [0.5, 0.6) is 0 Å². The molecule has 1 heterocycles. The molecule has 7 nitrogen and oxygen atoms in total. The molecule has 0 bridgehead atoms. The zero-order valence-electron chi connectivity index (χ0n) is 12.3. The first-order chi connectivity index (χ1) is 10.4. The summed E-state index contributed by atoms with van der Waals surface area (Å²) in [4.78, 5) is 25.4. The second-order valence-electron chi connectivity index (χ2n) is 5.16. The van der Waals surface area contributed by atoms with Crippen LogP contribution in [0.15, 0.2) is 29.2 Å². The Morgan fingerprint density at radius 1 is 1.18 bits per heavy atom. The van der Waals surface area contributed by atoms with Crippen LogP contribution < -0.4 is 10.6 Å². The molecule has 1 saturated heterocycles. The van der Waals surface area contributed by atoms with Crippen molar-refractivity contribution in [3.63, 3.8) is 0 Å². The molecule has 1 aliphatic rings. The predicted molar refractivity (Wildman–Crippen MR) is 82.4 cm³/mol. The van der Waals surface area contributed by atoms with E-state index >= 15 is 0 Å². The molecule has 22 heavy (non-hydrogen) atoms. The van der Waals surface area contributed by atoms with Crippen LogP contribution in [0.1, 0.15) is 12.8 Å². The SMILES string of the molecule is CS(=O)(=O)c1ccccc1NC(=O)NCC(=O)N1CCCC1. The third kappa shape index (κ3) is 4.20. The second kappa shape index (κ2) is 6.78. The molecule has 1 aromatic carbocycles. The van der Waals surface area contributed by atoms with Crippen molar-refractivity contribution in [2.45, 2.75) is 17.7 Å². The van der Waals surface area contributed by atoms with E-state index < -0.39 is 15.9 Å². The molecule has 1 fully saturated rings. The van der Waals surface area contributed by atoms with Crippen molar-refractivity contribution in [3.05, 3.63) is 24.3 Å². The van der Waals surface area contributed by atoms with Crippen LogP contribution in [0, 0.1) is 0 Å². The molecule has 2 rings (SSSR count). The van der Waals surface area contributed by atoms with Gasteiger partial charge in [-0.2, -0.15) is 0 Å². The standard InChI is InChI=1S/C14H19N3O4S/c1-22(20,21)12-7-3-2-6-11(12)16-14(19)15-10-13(18)17-8-4-5-9-17/h2-3,6-7H,4-5,8-10H2,1H3,(H2,15,16,19). The number of likely N-dealkylation sites (tertiary alicyclic amines) is 1. The van der Waals surface area contributed by atoms with Crippen LogP contribution in [0.2, 0.25) is 0 Å². The van der Waals surface area contributed by atoms with Gasteiger partial charge in [0.2, 0.25) is 5.91 Å². The van der Waals surface area contributed by atoms with E-state index in [1.807, 2.05) is 0 Å². The van der Waals surface area contributed by atoms with Crippen LogP contribution in [0.25, 0.3) is 0 Å². The molecule has 8 heteroatoms. The van der Waals surface area contributed by atoms with Crippen molar-refractivity contribution in [3.8, 4) is 0 Å². The second-order valence-corrected chi connectivity index (χ2v) is 7.15. The minimum absolute atomic E-state index is 0.0380. The van der Waals surface area contributed by atoms with Gasteiger partial charge in [-0.15, -0.1) is 0 Å². The smallest absolute Gasteiger partial charge is 0.319 e. The number of anilines is 1. The quantitative estimate of drug-likeness (QED) is 0.857. The van der Waals surface area contributed by atoms with Crippen molar-refractivity contribution < 1.29 is 18.0 Å². The monoisotopic (exact) mass is 325 g/mol. The average Bonchev–Trinajstić information content (AvgIpc) is 2.98. The van der Waals surface area contributed by atoms with Gasteiger partial charge in [-0.1, -0.05) is 12.1 Å². The van der Waals surface area contributed by atoms with Gasteiger partial charge in [0.25, 0.3) is 0 Å². The number of hydrogen-bond donors (Lipinski definition) is 2. The Hall–Kier alpha value is -2.09. The Labute approximate surface area is 129 Å². The van der Waals surface area contributed by atoms with E-state index in [4.69, 9.17) is 0 Å². The fourth-order valence-corrected chi connectivity index (χ4v) is 3.14. The van der Waals surface area contributed by atoms with Crippen molar-refractivity contribution in [2.75, 3.05) is 31.2 Å². The summed E-state index contributed by atoms with van der Waals surface area (Å²) in [6.07, 6.45) is 3.04. The summed E-state index contributed by atoms with van der Waals surface area (Å²) in [6, 6.07) is 5.51. The number of nitrogens with one attached hydrogen (secondary N) is 2. The van der Waals surface area contributed by atoms with Gasteiger partial charge in [-0.3, -0.25) is 4.79 Å². The maximum absolute atomic E-state index is 11.8. The summed E-state index contributed by atoms with van der Waals surface area (Å²) < 4.78 is 23.3. The molecule has 1 aromatic rings. The van der Waals surface area contributed by atoms with Crippen LogP contribution in [0.4, 0.5) is 10.5 Å². The number of rotatable bonds is 4. The first-order valence-electron chi connectivity index (χ1n) is 6.99. The summed E-state index contributed by atoms with van der Waals surface area (Å²) in [5.41, 5.74) is 0.191. The van der Waals surface area contributed by atoms with E-state index in [1.165, 1.54) is 12.1 Å². The zero-order chi connectivity index (χ0) is 16.2. The zero-order valence-corrected chi connectivity index (χ0v) is 13.1.